The smallest absolute Gasteiger partial charge is 0.243 e. The minimum absolute atomic E-state index is 0.439. The van der Waals surface area contributed by atoms with Gasteiger partial charge in [-0.1, -0.05) is 29.8 Å². The zero-order valence-electron chi connectivity index (χ0n) is 14.2. The van der Waals surface area contributed by atoms with E-state index in [9.17, 15) is 13.2 Å². The lowest BCUT2D eigenvalue weighted by molar-refractivity contribution is -0.117. The van der Waals surface area contributed by atoms with Gasteiger partial charge in [0.05, 0.1) is 24.5 Å². The number of aromatic nitrogens is 2. The summed E-state index contributed by atoms with van der Waals surface area (Å²) >= 11 is 0. The van der Waals surface area contributed by atoms with Crippen LogP contribution in [0.15, 0.2) is 30.3 Å². The van der Waals surface area contributed by atoms with Crippen LogP contribution < -0.4 is 10.0 Å². The third-order valence-corrected chi connectivity index (χ3v) is 4.13. The monoisotopic (exact) mass is 350 g/mol. The van der Waals surface area contributed by atoms with Gasteiger partial charge in [0, 0.05) is 6.07 Å². The maximum Gasteiger partial charge on any atom is 0.243 e. The number of carbonyl (C=O) groups is 1. The first-order chi connectivity index (χ1) is 11.1. The zero-order valence-corrected chi connectivity index (χ0v) is 15.0. The number of aryl methyl sites for hydroxylation is 2. The number of sulfonamides is 1. The van der Waals surface area contributed by atoms with Crippen LogP contribution in [0.25, 0.3) is 0 Å². The Balaban J connectivity index is 2.15. The molecule has 2 rings (SSSR count). The number of anilines is 1. The highest BCUT2D eigenvalue weighted by Crippen LogP contribution is 2.14. The van der Waals surface area contributed by atoms with Crippen LogP contribution in [0.5, 0.6) is 0 Å². The molecular formula is C16H22N4O3S. The van der Waals surface area contributed by atoms with Gasteiger partial charge in [-0.2, -0.15) is 5.10 Å². The molecule has 0 fully saturated rings. The minimum atomic E-state index is -3.45. The summed E-state index contributed by atoms with van der Waals surface area (Å²) in [5.74, 6) is 0.0898. The summed E-state index contributed by atoms with van der Waals surface area (Å²) in [7, 11) is -3.45. The molecule has 8 heteroatoms. The third-order valence-electron chi connectivity index (χ3n) is 3.35. The predicted octanol–water partition coefficient (Wildman–Crippen LogP) is 1.42. The van der Waals surface area contributed by atoms with E-state index in [-0.39, 0.29) is 0 Å². The molecule has 0 aliphatic rings. The van der Waals surface area contributed by atoms with E-state index in [2.05, 4.69) is 21.2 Å². The van der Waals surface area contributed by atoms with Crippen LogP contribution in [-0.4, -0.2) is 36.4 Å². The number of rotatable bonds is 6. The van der Waals surface area contributed by atoms with Crippen molar-refractivity contribution in [2.75, 3.05) is 11.6 Å². The van der Waals surface area contributed by atoms with Crippen molar-refractivity contribution in [2.24, 2.45) is 0 Å². The van der Waals surface area contributed by atoms with Crippen molar-refractivity contribution >= 4 is 21.7 Å². The van der Waals surface area contributed by atoms with Gasteiger partial charge in [-0.3, -0.25) is 4.79 Å². The third kappa shape index (κ3) is 5.17. The normalized spacial score (nSPS) is 12.8. The Labute approximate surface area is 142 Å². The van der Waals surface area contributed by atoms with Gasteiger partial charge in [0.2, 0.25) is 15.9 Å². The molecule has 0 saturated carbocycles. The minimum Gasteiger partial charge on any atom is -0.310 e. The van der Waals surface area contributed by atoms with Crippen LogP contribution in [0.1, 0.15) is 23.7 Å². The Hall–Kier alpha value is -2.19. The molecule has 24 heavy (non-hydrogen) atoms. The maximum absolute atomic E-state index is 12.2. The van der Waals surface area contributed by atoms with Crippen molar-refractivity contribution in [3.8, 4) is 0 Å². The molecule has 0 radical (unpaired) electrons. The molecule has 0 aliphatic heterocycles. The summed E-state index contributed by atoms with van der Waals surface area (Å²) in [4.78, 5) is 12.2. The molecule has 0 bridgehead atoms. The van der Waals surface area contributed by atoms with Crippen molar-refractivity contribution in [1.29, 1.82) is 0 Å². The topological polar surface area (TPSA) is 93.1 Å². The first-order valence-electron chi connectivity index (χ1n) is 7.52. The van der Waals surface area contributed by atoms with Gasteiger partial charge in [-0.25, -0.2) is 17.8 Å². The van der Waals surface area contributed by atoms with E-state index < -0.39 is 22.0 Å². The largest absolute Gasteiger partial charge is 0.310 e. The van der Waals surface area contributed by atoms with Crippen LogP contribution in [0.4, 0.5) is 5.82 Å². The molecule has 2 N–H and O–H groups in total. The summed E-state index contributed by atoms with van der Waals surface area (Å²) in [6.07, 6.45) is 1.02. The summed E-state index contributed by atoms with van der Waals surface area (Å²) in [5, 5.41) is 7.11. The van der Waals surface area contributed by atoms with Crippen molar-refractivity contribution < 1.29 is 13.2 Å². The molecule has 2 aromatic rings. The van der Waals surface area contributed by atoms with Gasteiger partial charge in [0.25, 0.3) is 0 Å². The van der Waals surface area contributed by atoms with E-state index in [1.54, 1.807) is 10.7 Å². The lowest BCUT2D eigenvalue weighted by Gasteiger charge is -2.14. The highest BCUT2D eigenvalue weighted by molar-refractivity contribution is 7.88. The number of amides is 1. The summed E-state index contributed by atoms with van der Waals surface area (Å²) in [6, 6.07) is 8.90. The molecule has 1 aromatic carbocycles. The number of hydrogen-bond acceptors (Lipinski definition) is 4. The van der Waals surface area contributed by atoms with E-state index in [1.165, 1.54) is 6.92 Å². The van der Waals surface area contributed by atoms with E-state index in [4.69, 9.17) is 0 Å². The van der Waals surface area contributed by atoms with Gasteiger partial charge in [-0.05, 0) is 26.3 Å². The summed E-state index contributed by atoms with van der Waals surface area (Å²) in [6.45, 7) is 5.85. The Kier molecular flexibility index (Phi) is 5.40. The standard InChI is InChI=1S/C16H22N4O3S/c1-11-6-5-7-14(8-11)10-20-15(9-12(2)18-20)17-16(21)13(3)19-24(4,22)23/h5-9,13,19H,10H2,1-4H3,(H,17,21). The van der Waals surface area contributed by atoms with Crippen LogP contribution in [0.3, 0.4) is 0 Å². The van der Waals surface area contributed by atoms with Crippen LogP contribution >= 0.6 is 0 Å². The fraction of sp³-hybridized carbons (Fsp3) is 0.375. The fourth-order valence-corrected chi connectivity index (χ4v) is 3.11. The Morgan fingerprint density at radius 1 is 1.29 bits per heavy atom. The lowest BCUT2D eigenvalue weighted by atomic mass is 10.1. The molecule has 1 heterocycles. The molecule has 0 saturated heterocycles. The Morgan fingerprint density at radius 3 is 2.62 bits per heavy atom. The molecule has 0 spiro atoms. The van der Waals surface area contributed by atoms with Gasteiger partial charge < -0.3 is 5.32 Å². The van der Waals surface area contributed by atoms with Gasteiger partial charge in [-0.15, -0.1) is 0 Å². The summed E-state index contributed by atoms with van der Waals surface area (Å²) < 4.78 is 26.4. The SMILES string of the molecule is Cc1cccc(Cn2nc(C)cc2NC(=O)C(C)NS(C)(=O)=O)c1. The van der Waals surface area contributed by atoms with Crippen LogP contribution in [-0.2, 0) is 21.4 Å². The number of benzene rings is 1. The zero-order chi connectivity index (χ0) is 17.9. The van der Waals surface area contributed by atoms with E-state index in [1.807, 2.05) is 32.0 Å². The van der Waals surface area contributed by atoms with Crippen molar-refractivity contribution in [2.45, 2.75) is 33.4 Å². The molecule has 1 atom stereocenters. The quantitative estimate of drug-likeness (QED) is 0.824. The lowest BCUT2D eigenvalue weighted by Crippen LogP contribution is -2.41. The van der Waals surface area contributed by atoms with E-state index in [0.717, 1.165) is 23.1 Å². The van der Waals surface area contributed by atoms with Gasteiger partial charge in [0.15, 0.2) is 0 Å². The predicted molar refractivity (Wildman–Crippen MR) is 93.3 cm³/mol. The first-order valence-corrected chi connectivity index (χ1v) is 9.41. The van der Waals surface area contributed by atoms with E-state index in [0.29, 0.717) is 12.4 Å². The average molecular weight is 350 g/mol. The van der Waals surface area contributed by atoms with Crippen molar-refractivity contribution in [3.05, 3.63) is 47.2 Å². The second-order valence-corrected chi connectivity index (χ2v) is 7.70. The molecule has 130 valence electrons. The van der Waals surface area contributed by atoms with Crippen molar-refractivity contribution in [3.63, 3.8) is 0 Å². The number of nitrogens with one attached hydrogen (secondary N) is 2. The molecule has 1 unspecified atom stereocenters. The molecular weight excluding hydrogens is 328 g/mol. The number of nitrogens with zero attached hydrogens (tertiary/aromatic N) is 2. The Morgan fingerprint density at radius 2 is 2.00 bits per heavy atom. The molecule has 1 aromatic heterocycles. The maximum atomic E-state index is 12.2. The van der Waals surface area contributed by atoms with Crippen LogP contribution in [0, 0.1) is 13.8 Å². The number of hydrogen-bond donors (Lipinski definition) is 2. The molecule has 1 amide bonds. The second kappa shape index (κ2) is 7.14. The molecule has 0 aliphatic carbocycles. The highest BCUT2D eigenvalue weighted by Gasteiger charge is 2.19. The van der Waals surface area contributed by atoms with Crippen LogP contribution in [0.2, 0.25) is 0 Å². The van der Waals surface area contributed by atoms with Gasteiger partial charge >= 0.3 is 0 Å². The van der Waals surface area contributed by atoms with E-state index >= 15 is 0 Å². The number of carbonyl (C=O) groups excluding carboxylic acids is 1. The van der Waals surface area contributed by atoms with Crippen molar-refractivity contribution in [1.82, 2.24) is 14.5 Å². The molecule has 7 nitrogen and oxygen atoms in total. The average Bonchev–Trinajstić information content (AvgIpc) is 2.76. The Bertz CT molecular complexity index is 843. The fourth-order valence-electron chi connectivity index (χ4n) is 2.36. The summed E-state index contributed by atoms with van der Waals surface area (Å²) in [5.41, 5.74) is 2.98. The van der Waals surface area contributed by atoms with Gasteiger partial charge in [0.1, 0.15) is 5.82 Å². The second-order valence-electron chi connectivity index (χ2n) is 5.92. The highest BCUT2D eigenvalue weighted by atomic mass is 32.2. The first kappa shape index (κ1) is 18.2.